The summed E-state index contributed by atoms with van der Waals surface area (Å²) < 4.78 is 12.9. The van der Waals surface area contributed by atoms with Crippen LogP contribution in [0.25, 0.3) is 0 Å². The number of rotatable bonds is 4. The molecule has 2 unspecified atom stereocenters. The molecule has 2 heteroatoms. The zero-order valence-corrected chi connectivity index (χ0v) is 11.7. The number of likely N-dealkylation sites (N-methyl/N-ethyl adjacent to an activating group) is 1. The van der Waals surface area contributed by atoms with E-state index in [1.807, 2.05) is 19.2 Å². The number of hydrogen-bond donors (Lipinski definition) is 1. The van der Waals surface area contributed by atoms with Gasteiger partial charge in [0.25, 0.3) is 0 Å². The lowest BCUT2D eigenvalue weighted by Gasteiger charge is -2.34. The van der Waals surface area contributed by atoms with Crippen LogP contribution in [0.4, 0.5) is 4.39 Å². The molecule has 2 rings (SSSR count). The zero-order valence-electron chi connectivity index (χ0n) is 11.7. The number of hydrogen-bond acceptors (Lipinski definition) is 1. The molecular formula is C16H24FN. The van der Waals surface area contributed by atoms with Crippen LogP contribution in [0, 0.1) is 17.2 Å². The second-order valence-corrected chi connectivity index (χ2v) is 6.21. The summed E-state index contributed by atoms with van der Waals surface area (Å²) >= 11 is 0. The van der Waals surface area contributed by atoms with Crippen molar-refractivity contribution in [2.75, 3.05) is 7.05 Å². The fraction of sp³-hybridized carbons (Fsp3) is 0.625. The fourth-order valence-electron chi connectivity index (χ4n) is 3.42. The second-order valence-electron chi connectivity index (χ2n) is 6.21. The zero-order chi connectivity index (χ0) is 13.2. The molecule has 1 aromatic carbocycles. The summed E-state index contributed by atoms with van der Waals surface area (Å²) in [6, 6.07) is 7.42. The number of halogens is 1. The predicted molar refractivity (Wildman–Crippen MR) is 74.1 cm³/mol. The number of benzene rings is 1. The first-order chi connectivity index (χ1) is 8.53. The van der Waals surface area contributed by atoms with Gasteiger partial charge in [-0.05, 0) is 55.3 Å². The predicted octanol–water partition coefficient (Wildman–Crippen LogP) is 3.78. The van der Waals surface area contributed by atoms with Crippen molar-refractivity contribution in [3.05, 3.63) is 35.6 Å². The molecule has 1 aliphatic carbocycles. The Kier molecular flexibility index (Phi) is 4.06. The average molecular weight is 249 g/mol. The Balaban J connectivity index is 2.07. The van der Waals surface area contributed by atoms with Crippen molar-refractivity contribution >= 4 is 0 Å². The van der Waals surface area contributed by atoms with Crippen molar-refractivity contribution in [1.29, 1.82) is 0 Å². The molecule has 0 amide bonds. The standard InChI is InChI=1S/C16H24FN/c1-16(2)10-4-5-14(16)15(18-3)11-12-6-8-13(17)9-7-12/h6-9,14-15,18H,4-5,10-11H2,1-3H3. The molecule has 1 fully saturated rings. The molecule has 18 heavy (non-hydrogen) atoms. The molecule has 1 aliphatic rings. The van der Waals surface area contributed by atoms with Crippen LogP contribution in [0.1, 0.15) is 38.7 Å². The molecule has 1 aromatic rings. The third-order valence-electron chi connectivity index (χ3n) is 4.57. The maximum Gasteiger partial charge on any atom is 0.123 e. The molecule has 1 nitrogen and oxygen atoms in total. The van der Waals surface area contributed by atoms with Gasteiger partial charge < -0.3 is 5.32 Å². The molecule has 0 bridgehead atoms. The first-order valence-electron chi connectivity index (χ1n) is 6.94. The molecule has 0 radical (unpaired) electrons. The molecule has 2 atom stereocenters. The number of nitrogens with one attached hydrogen (secondary N) is 1. The first kappa shape index (κ1) is 13.5. The van der Waals surface area contributed by atoms with Crippen molar-refractivity contribution in [3.8, 4) is 0 Å². The van der Waals surface area contributed by atoms with E-state index in [0.29, 0.717) is 17.4 Å². The molecule has 0 saturated heterocycles. The van der Waals surface area contributed by atoms with Crippen molar-refractivity contribution in [3.63, 3.8) is 0 Å². The van der Waals surface area contributed by atoms with Gasteiger partial charge >= 0.3 is 0 Å². The second kappa shape index (κ2) is 5.40. The van der Waals surface area contributed by atoms with Gasteiger partial charge in [0.2, 0.25) is 0 Å². The minimum Gasteiger partial charge on any atom is -0.316 e. The van der Waals surface area contributed by atoms with E-state index in [0.717, 1.165) is 6.42 Å². The minimum atomic E-state index is -0.152. The quantitative estimate of drug-likeness (QED) is 0.856. The molecule has 1 saturated carbocycles. The maximum atomic E-state index is 12.9. The van der Waals surface area contributed by atoms with E-state index in [4.69, 9.17) is 0 Å². The summed E-state index contributed by atoms with van der Waals surface area (Å²) in [7, 11) is 2.04. The topological polar surface area (TPSA) is 12.0 Å². The molecular weight excluding hydrogens is 225 g/mol. The van der Waals surface area contributed by atoms with Crippen LogP contribution < -0.4 is 5.32 Å². The van der Waals surface area contributed by atoms with Crippen LogP contribution in [0.5, 0.6) is 0 Å². The van der Waals surface area contributed by atoms with Gasteiger partial charge in [-0.1, -0.05) is 32.4 Å². The van der Waals surface area contributed by atoms with Gasteiger partial charge in [-0.15, -0.1) is 0 Å². The SMILES string of the molecule is CNC(Cc1ccc(F)cc1)C1CCCC1(C)C. The van der Waals surface area contributed by atoms with Gasteiger partial charge in [0.15, 0.2) is 0 Å². The Hall–Kier alpha value is -0.890. The smallest absolute Gasteiger partial charge is 0.123 e. The lowest BCUT2D eigenvalue weighted by molar-refractivity contribution is 0.201. The molecule has 0 aliphatic heterocycles. The maximum absolute atomic E-state index is 12.9. The van der Waals surface area contributed by atoms with Gasteiger partial charge in [-0.3, -0.25) is 0 Å². The Labute approximate surface area is 110 Å². The van der Waals surface area contributed by atoms with E-state index in [-0.39, 0.29) is 5.82 Å². The minimum absolute atomic E-state index is 0.152. The van der Waals surface area contributed by atoms with Gasteiger partial charge in [0.1, 0.15) is 5.82 Å². The van der Waals surface area contributed by atoms with Crippen LogP contribution >= 0.6 is 0 Å². The van der Waals surface area contributed by atoms with Gasteiger partial charge in [-0.2, -0.15) is 0 Å². The van der Waals surface area contributed by atoms with Gasteiger partial charge in [0, 0.05) is 6.04 Å². The van der Waals surface area contributed by atoms with E-state index in [2.05, 4.69) is 19.2 Å². The van der Waals surface area contributed by atoms with Crippen molar-refractivity contribution in [2.24, 2.45) is 11.3 Å². The highest BCUT2D eigenvalue weighted by Gasteiger charge is 2.38. The average Bonchev–Trinajstić information content (AvgIpc) is 2.68. The van der Waals surface area contributed by atoms with E-state index in [1.165, 1.54) is 24.8 Å². The monoisotopic (exact) mass is 249 g/mol. The molecule has 1 N–H and O–H groups in total. The van der Waals surface area contributed by atoms with Crippen LogP contribution in [-0.4, -0.2) is 13.1 Å². The summed E-state index contributed by atoms with van der Waals surface area (Å²) in [6.07, 6.45) is 4.95. The third kappa shape index (κ3) is 2.92. The highest BCUT2D eigenvalue weighted by molar-refractivity contribution is 5.17. The van der Waals surface area contributed by atoms with Crippen molar-refractivity contribution < 1.29 is 4.39 Å². The van der Waals surface area contributed by atoms with E-state index < -0.39 is 0 Å². The summed E-state index contributed by atoms with van der Waals surface area (Å²) in [5, 5.41) is 3.47. The third-order valence-corrected chi connectivity index (χ3v) is 4.57. The van der Waals surface area contributed by atoms with E-state index in [1.54, 1.807) is 12.1 Å². The molecule has 0 spiro atoms. The van der Waals surface area contributed by atoms with Crippen molar-refractivity contribution in [1.82, 2.24) is 5.32 Å². The highest BCUT2D eigenvalue weighted by atomic mass is 19.1. The Morgan fingerprint density at radius 3 is 2.50 bits per heavy atom. The molecule has 0 aromatic heterocycles. The van der Waals surface area contributed by atoms with E-state index in [9.17, 15) is 4.39 Å². The lowest BCUT2D eigenvalue weighted by atomic mass is 9.76. The van der Waals surface area contributed by atoms with Crippen LogP contribution in [0.2, 0.25) is 0 Å². The summed E-state index contributed by atoms with van der Waals surface area (Å²) in [4.78, 5) is 0. The van der Waals surface area contributed by atoms with Gasteiger partial charge in [-0.25, -0.2) is 4.39 Å². The largest absolute Gasteiger partial charge is 0.316 e. The van der Waals surface area contributed by atoms with Crippen LogP contribution in [0.15, 0.2) is 24.3 Å². The van der Waals surface area contributed by atoms with Crippen LogP contribution in [0.3, 0.4) is 0 Å². The Morgan fingerprint density at radius 2 is 2.00 bits per heavy atom. The molecule has 100 valence electrons. The Morgan fingerprint density at radius 1 is 1.33 bits per heavy atom. The van der Waals surface area contributed by atoms with E-state index >= 15 is 0 Å². The normalized spacial score (nSPS) is 24.1. The summed E-state index contributed by atoms with van der Waals surface area (Å²) in [5.41, 5.74) is 1.65. The summed E-state index contributed by atoms with van der Waals surface area (Å²) in [5.74, 6) is 0.563. The van der Waals surface area contributed by atoms with Crippen molar-refractivity contribution in [2.45, 2.75) is 45.6 Å². The first-order valence-corrected chi connectivity index (χ1v) is 6.94. The Bertz CT molecular complexity index is 383. The fourth-order valence-corrected chi connectivity index (χ4v) is 3.42. The highest BCUT2D eigenvalue weighted by Crippen LogP contribution is 2.44. The lowest BCUT2D eigenvalue weighted by Crippen LogP contribution is -2.40. The van der Waals surface area contributed by atoms with Gasteiger partial charge in [0.05, 0.1) is 0 Å². The summed E-state index contributed by atoms with van der Waals surface area (Å²) in [6.45, 7) is 4.75. The molecule has 0 heterocycles. The van der Waals surface area contributed by atoms with Crippen LogP contribution in [-0.2, 0) is 6.42 Å².